The molecule has 0 bridgehead atoms. The van der Waals surface area contributed by atoms with Crippen LogP contribution in [-0.4, -0.2) is 37.4 Å². The molecule has 2 rings (SSSR count). The second-order valence-corrected chi connectivity index (χ2v) is 4.71. The van der Waals surface area contributed by atoms with E-state index in [9.17, 15) is 9.18 Å². The van der Waals surface area contributed by atoms with Crippen molar-refractivity contribution in [2.45, 2.75) is 18.9 Å². The number of aromatic carboxylic acids is 1. The van der Waals surface area contributed by atoms with Crippen molar-refractivity contribution in [1.29, 1.82) is 0 Å². The molecule has 3 N–H and O–H groups in total. The van der Waals surface area contributed by atoms with E-state index in [4.69, 9.17) is 15.6 Å². The van der Waals surface area contributed by atoms with Gasteiger partial charge in [-0.2, -0.15) is 0 Å². The maximum Gasteiger partial charge on any atom is 0.337 e. The standard InChI is InChI=1S/C13H17FN2O3/c1-16(7-8-3-2-4-19-8)12-5-9(13(17)18)11(15)6-10(12)14/h5-6,8H,2-4,7,15H2,1H3,(H,17,18). The molecule has 0 saturated carbocycles. The molecular formula is C13H17FN2O3. The van der Waals surface area contributed by atoms with Crippen molar-refractivity contribution in [1.82, 2.24) is 0 Å². The van der Waals surface area contributed by atoms with E-state index in [-0.39, 0.29) is 23.0 Å². The predicted molar refractivity (Wildman–Crippen MR) is 70.0 cm³/mol. The summed E-state index contributed by atoms with van der Waals surface area (Å²) in [6, 6.07) is 2.31. The van der Waals surface area contributed by atoms with Gasteiger partial charge in [0.05, 0.1) is 17.4 Å². The minimum Gasteiger partial charge on any atom is -0.478 e. The van der Waals surface area contributed by atoms with Crippen LogP contribution in [0, 0.1) is 5.82 Å². The molecule has 1 heterocycles. The number of nitrogen functional groups attached to an aromatic ring is 1. The highest BCUT2D eigenvalue weighted by atomic mass is 19.1. The Morgan fingerprint density at radius 1 is 1.63 bits per heavy atom. The summed E-state index contributed by atoms with van der Waals surface area (Å²) >= 11 is 0. The number of nitrogens with zero attached hydrogens (tertiary/aromatic N) is 1. The van der Waals surface area contributed by atoms with E-state index in [2.05, 4.69) is 0 Å². The Bertz CT molecular complexity index is 487. The molecular weight excluding hydrogens is 251 g/mol. The lowest BCUT2D eigenvalue weighted by Gasteiger charge is -2.23. The fourth-order valence-electron chi connectivity index (χ4n) is 2.25. The average Bonchev–Trinajstić information content (AvgIpc) is 2.81. The van der Waals surface area contributed by atoms with Gasteiger partial charge in [-0.1, -0.05) is 0 Å². The lowest BCUT2D eigenvalue weighted by molar-refractivity contribution is 0.0698. The van der Waals surface area contributed by atoms with Gasteiger partial charge in [-0.25, -0.2) is 9.18 Å². The fraction of sp³-hybridized carbons (Fsp3) is 0.462. The number of benzene rings is 1. The zero-order valence-corrected chi connectivity index (χ0v) is 10.7. The quantitative estimate of drug-likeness (QED) is 0.813. The Kier molecular flexibility index (Phi) is 3.90. The normalized spacial score (nSPS) is 18.5. The number of hydrogen-bond donors (Lipinski definition) is 2. The first kappa shape index (κ1) is 13.6. The molecule has 0 spiro atoms. The zero-order valence-electron chi connectivity index (χ0n) is 10.7. The molecule has 0 radical (unpaired) electrons. The molecule has 1 aliphatic heterocycles. The van der Waals surface area contributed by atoms with Gasteiger partial charge in [-0.3, -0.25) is 0 Å². The van der Waals surface area contributed by atoms with Crippen molar-refractivity contribution in [3.8, 4) is 0 Å². The van der Waals surface area contributed by atoms with Crippen molar-refractivity contribution in [2.24, 2.45) is 0 Å². The number of nitrogens with two attached hydrogens (primary N) is 1. The largest absolute Gasteiger partial charge is 0.478 e. The molecule has 104 valence electrons. The SMILES string of the molecule is CN(CC1CCCO1)c1cc(C(=O)O)c(N)cc1F. The van der Waals surface area contributed by atoms with Gasteiger partial charge in [0.2, 0.25) is 0 Å². The molecule has 1 fully saturated rings. The first-order valence-corrected chi connectivity index (χ1v) is 6.14. The number of hydrogen-bond acceptors (Lipinski definition) is 4. The number of likely N-dealkylation sites (N-methyl/N-ethyl adjacent to an activating group) is 1. The zero-order chi connectivity index (χ0) is 14.0. The van der Waals surface area contributed by atoms with Gasteiger partial charge in [0.15, 0.2) is 0 Å². The van der Waals surface area contributed by atoms with E-state index in [1.54, 1.807) is 11.9 Å². The molecule has 1 aromatic carbocycles. The summed E-state index contributed by atoms with van der Waals surface area (Å²) in [4.78, 5) is 12.7. The minimum absolute atomic E-state index is 0.0650. The fourth-order valence-corrected chi connectivity index (χ4v) is 2.25. The van der Waals surface area contributed by atoms with Crippen LogP contribution in [0.4, 0.5) is 15.8 Å². The summed E-state index contributed by atoms with van der Waals surface area (Å²) in [5.74, 6) is -1.69. The number of halogens is 1. The third-order valence-electron chi connectivity index (χ3n) is 3.26. The lowest BCUT2D eigenvalue weighted by Crippen LogP contribution is -2.29. The van der Waals surface area contributed by atoms with Crippen LogP contribution in [0.25, 0.3) is 0 Å². The molecule has 1 saturated heterocycles. The molecule has 5 nitrogen and oxygen atoms in total. The van der Waals surface area contributed by atoms with Crippen LogP contribution in [0.1, 0.15) is 23.2 Å². The van der Waals surface area contributed by atoms with Crippen LogP contribution in [0.2, 0.25) is 0 Å². The summed E-state index contributed by atoms with van der Waals surface area (Å²) in [6.07, 6.45) is 2.01. The van der Waals surface area contributed by atoms with Gasteiger partial charge in [-0.05, 0) is 25.0 Å². The molecule has 0 aliphatic carbocycles. The van der Waals surface area contributed by atoms with Crippen LogP contribution in [0.15, 0.2) is 12.1 Å². The first-order chi connectivity index (χ1) is 8.99. The third-order valence-corrected chi connectivity index (χ3v) is 3.26. The van der Waals surface area contributed by atoms with E-state index in [0.717, 1.165) is 25.5 Å². The van der Waals surface area contributed by atoms with Crippen molar-refractivity contribution in [3.63, 3.8) is 0 Å². The second-order valence-electron chi connectivity index (χ2n) is 4.71. The monoisotopic (exact) mass is 268 g/mol. The van der Waals surface area contributed by atoms with Crippen molar-refractivity contribution in [3.05, 3.63) is 23.5 Å². The molecule has 0 aromatic heterocycles. The minimum atomic E-state index is -1.16. The van der Waals surface area contributed by atoms with Gasteiger partial charge in [-0.15, -0.1) is 0 Å². The maximum atomic E-state index is 13.9. The molecule has 6 heteroatoms. The molecule has 1 unspecified atom stereocenters. The summed E-state index contributed by atoms with van der Waals surface area (Å²) in [5, 5.41) is 9.00. The third kappa shape index (κ3) is 2.96. The van der Waals surface area contributed by atoms with Crippen LogP contribution in [0.3, 0.4) is 0 Å². The van der Waals surface area contributed by atoms with Crippen molar-refractivity contribution in [2.75, 3.05) is 30.8 Å². The van der Waals surface area contributed by atoms with E-state index >= 15 is 0 Å². The Morgan fingerprint density at radius 2 is 2.37 bits per heavy atom. The molecule has 19 heavy (non-hydrogen) atoms. The highest BCUT2D eigenvalue weighted by molar-refractivity contribution is 5.95. The second kappa shape index (κ2) is 5.44. The Morgan fingerprint density at radius 3 is 2.95 bits per heavy atom. The van der Waals surface area contributed by atoms with Crippen LogP contribution in [-0.2, 0) is 4.74 Å². The summed E-state index contributed by atoms with van der Waals surface area (Å²) in [5.41, 5.74) is 5.56. The molecule has 1 atom stereocenters. The molecule has 0 amide bonds. The number of carboxylic acids is 1. The van der Waals surface area contributed by atoms with Crippen LogP contribution >= 0.6 is 0 Å². The highest BCUT2D eigenvalue weighted by Gasteiger charge is 2.21. The number of carboxylic acid groups (broad SMARTS) is 1. The van der Waals surface area contributed by atoms with Gasteiger partial charge < -0.3 is 20.5 Å². The van der Waals surface area contributed by atoms with Crippen molar-refractivity contribution < 1.29 is 19.0 Å². The van der Waals surface area contributed by atoms with E-state index in [0.29, 0.717) is 6.54 Å². The number of carbonyl (C=O) groups is 1. The van der Waals surface area contributed by atoms with Gasteiger partial charge >= 0.3 is 5.97 Å². The van der Waals surface area contributed by atoms with Crippen LogP contribution < -0.4 is 10.6 Å². The Hall–Kier alpha value is -1.82. The number of rotatable bonds is 4. The summed E-state index contributed by atoms with van der Waals surface area (Å²) in [7, 11) is 1.71. The first-order valence-electron chi connectivity index (χ1n) is 6.14. The summed E-state index contributed by atoms with van der Waals surface area (Å²) < 4.78 is 19.3. The van der Waals surface area contributed by atoms with Crippen molar-refractivity contribution >= 4 is 17.3 Å². The topological polar surface area (TPSA) is 75.8 Å². The average molecular weight is 268 g/mol. The summed E-state index contributed by atoms with van der Waals surface area (Å²) in [6.45, 7) is 1.25. The van der Waals surface area contributed by atoms with E-state index < -0.39 is 11.8 Å². The molecule has 1 aromatic rings. The van der Waals surface area contributed by atoms with E-state index in [1.807, 2.05) is 0 Å². The van der Waals surface area contributed by atoms with Crippen LogP contribution in [0.5, 0.6) is 0 Å². The number of ether oxygens (including phenoxy) is 1. The van der Waals surface area contributed by atoms with Gasteiger partial charge in [0, 0.05) is 25.9 Å². The van der Waals surface area contributed by atoms with Gasteiger partial charge in [0.1, 0.15) is 5.82 Å². The maximum absolute atomic E-state index is 13.9. The molecule has 1 aliphatic rings. The Labute approximate surface area is 110 Å². The predicted octanol–water partition coefficient (Wildman–Crippen LogP) is 1.72. The Balaban J connectivity index is 2.22. The smallest absolute Gasteiger partial charge is 0.337 e. The highest BCUT2D eigenvalue weighted by Crippen LogP contribution is 2.26. The lowest BCUT2D eigenvalue weighted by atomic mass is 10.1. The number of anilines is 2. The van der Waals surface area contributed by atoms with E-state index in [1.165, 1.54) is 6.07 Å². The van der Waals surface area contributed by atoms with Gasteiger partial charge in [0.25, 0.3) is 0 Å².